The lowest BCUT2D eigenvalue weighted by Gasteiger charge is -2.34. The van der Waals surface area contributed by atoms with Crippen molar-refractivity contribution in [1.29, 1.82) is 5.26 Å². The Morgan fingerprint density at radius 2 is 1.52 bits per heavy atom. The van der Waals surface area contributed by atoms with Crippen LogP contribution in [-0.2, 0) is 0 Å². The summed E-state index contributed by atoms with van der Waals surface area (Å²) in [6.07, 6.45) is -0.729. The van der Waals surface area contributed by atoms with Gasteiger partial charge in [-0.1, -0.05) is 27.7 Å². The maximum absolute atomic E-state index is 9.60. The quantitative estimate of drug-likeness (QED) is 0.699. The third-order valence-corrected chi connectivity index (χ3v) is 3.86. The van der Waals surface area contributed by atoms with E-state index in [0.717, 1.165) is 22.6 Å². The molecule has 1 unspecified atom stereocenters. The lowest BCUT2D eigenvalue weighted by molar-refractivity contribution is 0.0402. The molecule has 1 aromatic rings. The molecule has 1 atom stereocenters. The van der Waals surface area contributed by atoms with Gasteiger partial charge in [-0.15, -0.1) is 0 Å². The van der Waals surface area contributed by atoms with Crippen LogP contribution >= 0.6 is 0 Å². The van der Waals surface area contributed by atoms with Crippen LogP contribution in [0, 0.1) is 18.3 Å². The van der Waals surface area contributed by atoms with Crippen LogP contribution in [0.1, 0.15) is 44.7 Å². The highest BCUT2D eigenvalue weighted by Gasteiger charge is 2.28. The van der Waals surface area contributed by atoms with E-state index in [9.17, 15) is 5.26 Å². The molecular formula is C20H35N3O2. The SMILES string of the molecule is CC.COc1cc(C(C)C)c(OC(C#N)C(N(C)C)N(C)C)cc1C. The molecule has 0 aliphatic heterocycles. The Bertz CT molecular complexity index is 555. The number of aryl methyl sites for hydroxylation is 1. The molecule has 0 amide bonds. The highest BCUT2D eigenvalue weighted by molar-refractivity contribution is 5.47. The number of hydrogen-bond acceptors (Lipinski definition) is 5. The Hall–Kier alpha value is -1.77. The van der Waals surface area contributed by atoms with Gasteiger partial charge in [0.2, 0.25) is 6.10 Å². The van der Waals surface area contributed by atoms with Crippen molar-refractivity contribution in [3.8, 4) is 17.6 Å². The van der Waals surface area contributed by atoms with Gasteiger partial charge in [0.15, 0.2) is 0 Å². The van der Waals surface area contributed by atoms with Crippen LogP contribution in [0.25, 0.3) is 0 Å². The van der Waals surface area contributed by atoms with Crippen LogP contribution in [0.2, 0.25) is 0 Å². The Labute approximate surface area is 154 Å². The molecule has 0 N–H and O–H groups in total. The standard InChI is InChI=1S/C18H29N3O2.C2H6/c1-12(2)14-10-15(22-8)13(3)9-16(14)23-17(11-19)18(20(4)5)21(6)7;1-2/h9-10,12,17-18H,1-8H3;1-2H3. The molecule has 25 heavy (non-hydrogen) atoms. The number of benzene rings is 1. The van der Waals surface area contributed by atoms with Crippen LogP contribution in [0.4, 0.5) is 0 Å². The van der Waals surface area contributed by atoms with Crippen LogP contribution in [0.3, 0.4) is 0 Å². The minimum atomic E-state index is -0.592. The van der Waals surface area contributed by atoms with Gasteiger partial charge in [0.05, 0.1) is 7.11 Å². The molecule has 0 heterocycles. The number of hydrogen-bond donors (Lipinski definition) is 0. The van der Waals surface area contributed by atoms with E-state index in [0.29, 0.717) is 0 Å². The first kappa shape index (κ1) is 23.2. The van der Waals surface area contributed by atoms with E-state index in [1.165, 1.54) is 0 Å². The fourth-order valence-corrected chi connectivity index (χ4v) is 2.74. The van der Waals surface area contributed by atoms with Crippen molar-refractivity contribution < 1.29 is 9.47 Å². The number of likely N-dealkylation sites (N-methyl/N-ethyl adjacent to an activating group) is 2. The largest absolute Gasteiger partial charge is 0.496 e. The van der Waals surface area contributed by atoms with Gasteiger partial charge in [-0.2, -0.15) is 5.26 Å². The number of nitrogens with zero attached hydrogens (tertiary/aromatic N) is 3. The summed E-state index contributed by atoms with van der Waals surface area (Å²) in [7, 11) is 9.45. The monoisotopic (exact) mass is 349 g/mol. The van der Waals surface area contributed by atoms with Crippen molar-refractivity contribution in [2.75, 3.05) is 35.3 Å². The second-order valence-corrected chi connectivity index (χ2v) is 6.52. The topological polar surface area (TPSA) is 48.7 Å². The molecule has 0 fully saturated rings. The van der Waals surface area contributed by atoms with E-state index in [-0.39, 0.29) is 12.1 Å². The lowest BCUT2D eigenvalue weighted by atomic mass is 9.99. The molecule has 142 valence electrons. The van der Waals surface area contributed by atoms with Crippen LogP contribution < -0.4 is 9.47 Å². The predicted octanol–water partition coefficient (Wildman–Crippen LogP) is 3.87. The summed E-state index contributed by atoms with van der Waals surface area (Å²) in [6.45, 7) is 10.2. The third-order valence-electron chi connectivity index (χ3n) is 3.86. The maximum Gasteiger partial charge on any atom is 0.212 e. The van der Waals surface area contributed by atoms with E-state index in [4.69, 9.17) is 9.47 Å². The number of rotatable bonds is 7. The zero-order valence-electron chi connectivity index (χ0n) is 17.5. The van der Waals surface area contributed by atoms with E-state index in [1.807, 2.05) is 70.9 Å². The molecule has 0 saturated heterocycles. The summed E-state index contributed by atoms with van der Waals surface area (Å²) < 4.78 is 11.5. The van der Waals surface area contributed by atoms with Crippen LogP contribution in [0.15, 0.2) is 12.1 Å². The molecule has 0 spiro atoms. The first-order valence-electron chi connectivity index (χ1n) is 8.80. The fraction of sp³-hybridized carbons (Fsp3) is 0.650. The van der Waals surface area contributed by atoms with Gasteiger partial charge >= 0.3 is 0 Å². The normalized spacial score (nSPS) is 12.0. The zero-order valence-corrected chi connectivity index (χ0v) is 17.5. The smallest absolute Gasteiger partial charge is 0.212 e. The molecule has 0 aliphatic rings. The highest BCUT2D eigenvalue weighted by Crippen LogP contribution is 2.34. The second kappa shape index (κ2) is 11.0. The molecule has 0 radical (unpaired) electrons. The van der Waals surface area contributed by atoms with Gasteiger partial charge in [-0.05, 0) is 58.7 Å². The van der Waals surface area contributed by atoms with Crippen molar-refractivity contribution in [2.24, 2.45) is 0 Å². The van der Waals surface area contributed by atoms with Gasteiger partial charge in [0.25, 0.3) is 0 Å². The Morgan fingerprint density at radius 1 is 1.00 bits per heavy atom. The van der Waals surface area contributed by atoms with E-state index in [1.54, 1.807) is 7.11 Å². The summed E-state index contributed by atoms with van der Waals surface area (Å²) >= 11 is 0. The molecule has 0 saturated carbocycles. The third kappa shape index (κ3) is 6.22. The highest BCUT2D eigenvalue weighted by atomic mass is 16.5. The maximum atomic E-state index is 9.60. The average molecular weight is 350 g/mol. The predicted molar refractivity (Wildman–Crippen MR) is 104 cm³/mol. The first-order chi connectivity index (χ1) is 11.7. The van der Waals surface area contributed by atoms with Crippen molar-refractivity contribution in [3.63, 3.8) is 0 Å². The molecule has 0 bridgehead atoms. The minimum Gasteiger partial charge on any atom is -0.496 e. The van der Waals surface area contributed by atoms with Crippen molar-refractivity contribution in [1.82, 2.24) is 9.80 Å². The molecule has 5 heteroatoms. The fourth-order valence-electron chi connectivity index (χ4n) is 2.74. The molecule has 0 aromatic heterocycles. The molecule has 0 aliphatic carbocycles. The van der Waals surface area contributed by atoms with Gasteiger partial charge in [0.1, 0.15) is 23.7 Å². The molecular weight excluding hydrogens is 314 g/mol. The Morgan fingerprint density at radius 3 is 1.88 bits per heavy atom. The van der Waals surface area contributed by atoms with Gasteiger partial charge in [-0.25, -0.2) is 0 Å². The van der Waals surface area contributed by atoms with Crippen LogP contribution in [-0.4, -0.2) is 57.4 Å². The Kier molecular flexibility index (Phi) is 10.2. The van der Waals surface area contributed by atoms with Gasteiger partial charge < -0.3 is 9.47 Å². The summed E-state index contributed by atoms with van der Waals surface area (Å²) in [5, 5.41) is 9.60. The first-order valence-corrected chi connectivity index (χ1v) is 8.80. The summed E-state index contributed by atoms with van der Waals surface area (Å²) in [5.74, 6) is 1.86. The van der Waals surface area contributed by atoms with Crippen molar-refractivity contribution >= 4 is 0 Å². The molecule has 1 aromatic carbocycles. The van der Waals surface area contributed by atoms with Gasteiger partial charge in [0, 0.05) is 5.56 Å². The van der Waals surface area contributed by atoms with Crippen molar-refractivity contribution in [2.45, 2.75) is 52.8 Å². The van der Waals surface area contributed by atoms with E-state index >= 15 is 0 Å². The second-order valence-electron chi connectivity index (χ2n) is 6.52. The van der Waals surface area contributed by atoms with Crippen molar-refractivity contribution in [3.05, 3.63) is 23.3 Å². The van der Waals surface area contributed by atoms with E-state index in [2.05, 4.69) is 19.9 Å². The summed E-state index contributed by atoms with van der Waals surface area (Å²) in [4.78, 5) is 3.97. The van der Waals surface area contributed by atoms with Crippen LogP contribution in [0.5, 0.6) is 11.5 Å². The minimum absolute atomic E-state index is 0.137. The average Bonchev–Trinajstić information content (AvgIpc) is 2.55. The number of methoxy groups -OCH3 is 1. The Balaban J connectivity index is 0.00000277. The number of ether oxygens (including phenoxy) is 2. The molecule has 1 rings (SSSR count). The van der Waals surface area contributed by atoms with Gasteiger partial charge in [-0.3, -0.25) is 9.80 Å². The lowest BCUT2D eigenvalue weighted by Crippen LogP contribution is -2.50. The molecule has 5 nitrogen and oxygen atoms in total. The zero-order chi connectivity index (χ0) is 19.7. The van der Waals surface area contributed by atoms with E-state index < -0.39 is 6.10 Å². The summed E-state index contributed by atoms with van der Waals surface area (Å²) in [5.41, 5.74) is 2.04. The number of nitriles is 1. The summed E-state index contributed by atoms with van der Waals surface area (Å²) in [6, 6.07) is 6.25.